The maximum atomic E-state index is 12.3. The summed E-state index contributed by atoms with van der Waals surface area (Å²) in [5.41, 5.74) is 0. The molecule has 168 valence electrons. The highest BCUT2D eigenvalue weighted by molar-refractivity contribution is 14.0. The van der Waals surface area contributed by atoms with E-state index in [-0.39, 0.29) is 28.7 Å². The van der Waals surface area contributed by atoms with Crippen LogP contribution in [0, 0.1) is 5.92 Å². The van der Waals surface area contributed by atoms with Crippen LogP contribution in [-0.2, 0) is 10.8 Å². The lowest BCUT2D eigenvalue weighted by molar-refractivity contribution is 0.143. The quantitative estimate of drug-likeness (QED) is 0.287. The molecule has 0 spiro atoms. The van der Waals surface area contributed by atoms with E-state index in [1.807, 2.05) is 32.1 Å². The molecule has 29 heavy (non-hydrogen) atoms. The van der Waals surface area contributed by atoms with Crippen LogP contribution in [0.5, 0.6) is 0 Å². The second-order valence-electron chi connectivity index (χ2n) is 8.56. The van der Waals surface area contributed by atoms with Gasteiger partial charge >= 0.3 is 0 Å². The molecular formula is C21H39IN4OS2. The molecule has 1 aliphatic rings. The molecule has 2 N–H and O–H groups in total. The number of hydrogen-bond acceptors (Lipinski definition) is 4. The van der Waals surface area contributed by atoms with Crippen LogP contribution < -0.4 is 10.6 Å². The average molecular weight is 555 g/mol. The molecule has 1 aromatic heterocycles. The summed E-state index contributed by atoms with van der Waals surface area (Å²) in [5.74, 6) is 2.28. The number of hydrogen-bond donors (Lipinski definition) is 2. The number of thiophene rings is 1. The first kappa shape index (κ1) is 26.8. The molecule has 0 radical (unpaired) electrons. The summed E-state index contributed by atoms with van der Waals surface area (Å²) >= 11 is 1.82. The Morgan fingerprint density at radius 1 is 1.34 bits per heavy atom. The van der Waals surface area contributed by atoms with Crippen LogP contribution in [0.3, 0.4) is 0 Å². The van der Waals surface area contributed by atoms with Crippen molar-refractivity contribution in [2.75, 3.05) is 38.5 Å². The lowest BCUT2D eigenvalue weighted by atomic mass is 9.97. The molecule has 1 saturated heterocycles. The highest BCUT2D eigenvalue weighted by atomic mass is 127. The van der Waals surface area contributed by atoms with E-state index < -0.39 is 10.8 Å². The fourth-order valence-corrected chi connectivity index (χ4v) is 5.05. The monoisotopic (exact) mass is 554 g/mol. The van der Waals surface area contributed by atoms with Gasteiger partial charge in [0, 0.05) is 39.3 Å². The minimum atomic E-state index is -0.854. The Balaban J connectivity index is 0.00000420. The van der Waals surface area contributed by atoms with Gasteiger partial charge in [0.2, 0.25) is 0 Å². The van der Waals surface area contributed by atoms with Crippen molar-refractivity contribution < 1.29 is 4.21 Å². The van der Waals surface area contributed by atoms with Crippen LogP contribution >= 0.6 is 35.3 Å². The zero-order valence-electron chi connectivity index (χ0n) is 18.6. The van der Waals surface area contributed by atoms with Crippen molar-refractivity contribution in [3.05, 3.63) is 22.4 Å². The second-order valence-corrected chi connectivity index (χ2v) is 11.9. The minimum Gasteiger partial charge on any atom is -0.357 e. The van der Waals surface area contributed by atoms with Crippen LogP contribution in [0.4, 0.5) is 0 Å². The van der Waals surface area contributed by atoms with E-state index in [1.165, 1.54) is 17.7 Å². The minimum absolute atomic E-state index is 0. The van der Waals surface area contributed by atoms with Gasteiger partial charge in [-0.3, -0.25) is 14.1 Å². The summed E-state index contributed by atoms with van der Waals surface area (Å²) in [6.07, 6.45) is 2.53. The Labute approximate surface area is 201 Å². The summed E-state index contributed by atoms with van der Waals surface area (Å²) in [5, 5.41) is 8.85. The molecule has 2 atom stereocenters. The number of halogens is 1. The lowest BCUT2D eigenvalue weighted by Gasteiger charge is -2.35. The zero-order chi connectivity index (χ0) is 20.6. The number of aliphatic imine (C=N–C) groups is 1. The number of nitrogens with zero attached hydrogens (tertiary/aromatic N) is 2. The van der Waals surface area contributed by atoms with E-state index in [1.54, 1.807) is 0 Å². The molecule has 2 unspecified atom stereocenters. The number of nitrogens with one attached hydrogen (secondary N) is 2. The number of guanidine groups is 1. The number of likely N-dealkylation sites (tertiary alicyclic amines) is 1. The average Bonchev–Trinajstić information content (AvgIpc) is 3.16. The zero-order valence-corrected chi connectivity index (χ0v) is 22.5. The standard InChI is InChI=1S/C21H38N4OS2.HI/c1-6-22-20(23-11-15-28(26)21(3,4)5)24-16-18(19-8-7-14-27-19)25-12-9-17(2)10-13-25;/h7-8,14,17-18H,6,9-13,15-16H2,1-5H3,(H2,22,23,24);1H. The van der Waals surface area contributed by atoms with Crippen LogP contribution in [0.25, 0.3) is 0 Å². The molecule has 0 amide bonds. The molecule has 2 heterocycles. The predicted molar refractivity (Wildman–Crippen MR) is 139 cm³/mol. The Morgan fingerprint density at radius 2 is 2.03 bits per heavy atom. The highest BCUT2D eigenvalue weighted by Gasteiger charge is 2.25. The van der Waals surface area contributed by atoms with Crippen molar-refractivity contribution in [1.82, 2.24) is 15.5 Å². The topological polar surface area (TPSA) is 56.7 Å². The number of piperidine rings is 1. The summed E-state index contributed by atoms with van der Waals surface area (Å²) in [6, 6.07) is 4.70. The van der Waals surface area contributed by atoms with Gasteiger partial charge in [0.15, 0.2) is 5.96 Å². The van der Waals surface area contributed by atoms with Gasteiger partial charge in [-0.05, 0) is 71.0 Å². The molecular weight excluding hydrogens is 515 g/mol. The van der Waals surface area contributed by atoms with Crippen molar-refractivity contribution >= 4 is 52.1 Å². The molecule has 1 aromatic rings. The van der Waals surface area contributed by atoms with E-state index in [4.69, 9.17) is 4.99 Å². The fraction of sp³-hybridized carbons (Fsp3) is 0.762. The maximum Gasteiger partial charge on any atom is 0.191 e. The molecule has 2 rings (SSSR count). The van der Waals surface area contributed by atoms with Crippen LogP contribution in [0.2, 0.25) is 0 Å². The van der Waals surface area contributed by atoms with E-state index >= 15 is 0 Å². The molecule has 0 bridgehead atoms. The van der Waals surface area contributed by atoms with Crippen molar-refractivity contribution in [1.29, 1.82) is 0 Å². The number of rotatable bonds is 8. The SMILES string of the molecule is CCNC(=NCC(c1cccs1)N1CCC(C)CC1)NCCS(=O)C(C)(C)C.I. The van der Waals surface area contributed by atoms with Gasteiger partial charge in [0.05, 0.1) is 12.6 Å². The molecule has 1 aliphatic heterocycles. The first-order valence-corrected chi connectivity index (χ1v) is 12.7. The third kappa shape index (κ3) is 9.23. The van der Waals surface area contributed by atoms with Gasteiger partial charge in [-0.15, -0.1) is 35.3 Å². The van der Waals surface area contributed by atoms with Gasteiger partial charge in [-0.1, -0.05) is 13.0 Å². The second kappa shape index (κ2) is 13.3. The first-order chi connectivity index (χ1) is 13.3. The maximum absolute atomic E-state index is 12.3. The van der Waals surface area contributed by atoms with E-state index in [0.717, 1.165) is 38.1 Å². The molecule has 5 nitrogen and oxygen atoms in total. The molecule has 8 heteroatoms. The molecule has 0 saturated carbocycles. The fourth-order valence-electron chi connectivity index (χ4n) is 3.29. The van der Waals surface area contributed by atoms with Crippen molar-refractivity contribution in [3.63, 3.8) is 0 Å². The molecule has 0 aliphatic carbocycles. The van der Waals surface area contributed by atoms with Crippen molar-refractivity contribution in [3.8, 4) is 0 Å². The van der Waals surface area contributed by atoms with E-state index in [9.17, 15) is 4.21 Å². The van der Waals surface area contributed by atoms with Crippen LogP contribution in [0.15, 0.2) is 22.5 Å². The highest BCUT2D eigenvalue weighted by Crippen LogP contribution is 2.29. The van der Waals surface area contributed by atoms with E-state index in [2.05, 4.69) is 46.9 Å². The Bertz CT molecular complexity index is 623. The molecule has 0 aromatic carbocycles. The van der Waals surface area contributed by atoms with Crippen molar-refractivity contribution in [2.24, 2.45) is 10.9 Å². The third-order valence-corrected chi connectivity index (χ3v) is 8.07. The largest absolute Gasteiger partial charge is 0.357 e. The third-order valence-electron chi connectivity index (χ3n) is 5.16. The Hall–Kier alpha value is -0.190. The van der Waals surface area contributed by atoms with Gasteiger partial charge in [0.1, 0.15) is 0 Å². The van der Waals surface area contributed by atoms with Crippen LogP contribution in [0.1, 0.15) is 58.4 Å². The van der Waals surface area contributed by atoms with Gasteiger partial charge in [-0.25, -0.2) is 0 Å². The summed E-state index contributed by atoms with van der Waals surface area (Å²) in [4.78, 5) is 8.87. The molecule has 1 fully saturated rings. The Kier molecular flexibility index (Phi) is 12.3. The Morgan fingerprint density at radius 3 is 2.59 bits per heavy atom. The van der Waals surface area contributed by atoms with Gasteiger partial charge < -0.3 is 10.6 Å². The normalized spacial score (nSPS) is 18.7. The lowest BCUT2D eigenvalue weighted by Crippen LogP contribution is -2.41. The summed E-state index contributed by atoms with van der Waals surface area (Å²) in [6.45, 7) is 15.0. The first-order valence-electron chi connectivity index (χ1n) is 10.5. The summed E-state index contributed by atoms with van der Waals surface area (Å²) in [7, 11) is -0.854. The van der Waals surface area contributed by atoms with E-state index in [0.29, 0.717) is 18.3 Å². The van der Waals surface area contributed by atoms with Gasteiger partial charge in [0.25, 0.3) is 0 Å². The smallest absolute Gasteiger partial charge is 0.191 e. The summed E-state index contributed by atoms with van der Waals surface area (Å²) < 4.78 is 12.1. The van der Waals surface area contributed by atoms with Crippen molar-refractivity contribution in [2.45, 2.75) is 58.2 Å². The van der Waals surface area contributed by atoms with Crippen LogP contribution in [-0.4, -0.2) is 58.3 Å². The van der Waals surface area contributed by atoms with Gasteiger partial charge in [-0.2, -0.15) is 0 Å². The predicted octanol–water partition coefficient (Wildman–Crippen LogP) is 4.24.